The molecule has 0 spiro atoms. The summed E-state index contributed by atoms with van der Waals surface area (Å²) in [5.41, 5.74) is -0.00720. The number of nitrogens with zero attached hydrogens (tertiary/aromatic N) is 2. The van der Waals surface area contributed by atoms with Gasteiger partial charge < -0.3 is 20.0 Å². The minimum atomic E-state index is -1.19. The molecule has 1 saturated heterocycles. The fourth-order valence-corrected chi connectivity index (χ4v) is 2.85. The lowest BCUT2D eigenvalue weighted by Gasteiger charge is -2.38. The maximum absolute atomic E-state index is 12.4. The van der Waals surface area contributed by atoms with Crippen LogP contribution in [0.4, 0.5) is 4.79 Å². The van der Waals surface area contributed by atoms with E-state index >= 15 is 0 Å². The van der Waals surface area contributed by atoms with Crippen LogP contribution in [0.5, 0.6) is 0 Å². The van der Waals surface area contributed by atoms with Crippen LogP contribution < -0.4 is 0 Å². The summed E-state index contributed by atoms with van der Waals surface area (Å²) < 4.78 is 0. The third kappa shape index (κ3) is 4.96. The Morgan fingerprint density at radius 2 is 1.83 bits per heavy atom. The molecule has 23 heavy (non-hydrogen) atoms. The van der Waals surface area contributed by atoms with Crippen molar-refractivity contribution < 1.29 is 19.8 Å². The highest BCUT2D eigenvalue weighted by Gasteiger charge is 2.36. The number of aliphatic hydroxyl groups is 1. The van der Waals surface area contributed by atoms with Gasteiger partial charge >= 0.3 is 12.0 Å². The van der Waals surface area contributed by atoms with Crippen molar-refractivity contribution in [3.63, 3.8) is 0 Å². The van der Waals surface area contributed by atoms with Crippen LogP contribution >= 0.6 is 0 Å². The molecule has 0 aliphatic carbocycles. The van der Waals surface area contributed by atoms with Gasteiger partial charge in [0.25, 0.3) is 0 Å². The summed E-state index contributed by atoms with van der Waals surface area (Å²) in [5.74, 6) is -1.01. The first-order chi connectivity index (χ1) is 10.9. The van der Waals surface area contributed by atoms with Crippen LogP contribution in [0.2, 0.25) is 0 Å². The van der Waals surface area contributed by atoms with Crippen molar-refractivity contribution in [2.24, 2.45) is 0 Å². The normalized spacial score (nSPS) is 16.9. The Kier molecular flexibility index (Phi) is 5.60. The smallest absolute Gasteiger partial charge is 0.319 e. The van der Waals surface area contributed by atoms with Crippen molar-refractivity contribution in [3.8, 4) is 0 Å². The van der Waals surface area contributed by atoms with E-state index in [4.69, 9.17) is 5.11 Å². The molecule has 1 aliphatic heterocycles. The number of carbonyl (C=O) groups is 2. The van der Waals surface area contributed by atoms with Gasteiger partial charge in [-0.3, -0.25) is 4.79 Å². The molecular formula is C17H24N2O4. The molecule has 0 unspecified atom stereocenters. The van der Waals surface area contributed by atoms with Crippen LogP contribution in [0.3, 0.4) is 0 Å². The van der Waals surface area contributed by atoms with Gasteiger partial charge in [-0.2, -0.15) is 0 Å². The van der Waals surface area contributed by atoms with E-state index in [0.29, 0.717) is 32.5 Å². The Morgan fingerprint density at radius 1 is 1.22 bits per heavy atom. The maximum Gasteiger partial charge on any atom is 0.319 e. The summed E-state index contributed by atoms with van der Waals surface area (Å²) in [7, 11) is 1.77. The predicted octanol–water partition coefficient (Wildman–Crippen LogP) is 1.58. The second-order valence-electron chi connectivity index (χ2n) is 6.22. The van der Waals surface area contributed by atoms with Crippen LogP contribution in [0.25, 0.3) is 0 Å². The van der Waals surface area contributed by atoms with Crippen molar-refractivity contribution in [2.75, 3.05) is 26.7 Å². The summed E-state index contributed by atoms with van der Waals surface area (Å²) in [5, 5.41) is 19.0. The van der Waals surface area contributed by atoms with E-state index in [-0.39, 0.29) is 12.5 Å². The van der Waals surface area contributed by atoms with Gasteiger partial charge in [0.15, 0.2) is 0 Å². The molecule has 1 fully saturated rings. The minimum absolute atomic E-state index is 0.0710. The number of carboxylic acids is 1. The number of likely N-dealkylation sites (N-methyl/N-ethyl adjacent to an activating group) is 1. The van der Waals surface area contributed by atoms with Crippen LogP contribution in [0, 0.1) is 0 Å². The van der Waals surface area contributed by atoms with Crippen molar-refractivity contribution in [2.45, 2.75) is 31.3 Å². The summed E-state index contributed by atoms with van der Waals surface area (Å²) in [6, 6.07) is 9.91. The molecule has 2 N–H and O–H groups in total. The van der Waals surface area contributed by atoms with Gasteiger partial charge in [-0.05, 0) is 24.8 Å². The largest absolute Gasteiger partial charge is 0.481 e. The van der Waals surface area contributed by atoms with Crippen molar-refractivity contribution >= 4 is 12.0 Å². The molecule has 0 aromatic heterocycles. The van der Waals surface area contributed by atoms with E-state index in [9.17, 15) is 14.7 Å². The number of aliphatic carboxylic acids is 1. The molecule has 1 aliphatic rings. The zero-order chi connectivity index (χ0) is 16.9. The summed E-state index contributed by atoms with van der Waals surface area (Å²) in [6.07, 6.45) is 1.13. The van der Waals surface area contributed by atoms with E-state index in [1.54, 1.807) is 16.8 Å². The Hall–Kier alpha value is -2.08. The second kappa shape index (κ2) is 7.46. The molecule has 2 amide bonds. The average Bonchev–Trinajstić information content (AvgIpc) is 2.52. The molecule has 126 valence electrons. The van der Waals surface area contributed by atoms with E-state index in [1.807, 2.05) is 30.3 Å². The molecular weight excluding hydrogens is 296 g/mol. The highest BCUT2D eigenvalue weighted by Crippen LogP contribution is 2.26. The van der Waals surface area contributed by atoms with Gasteiger partial charge in [0.05, 0.1) is 12.0 Å². The number of carboxylic acid groups (broad SMARTS) is 1. The molecule has 1 heterocycles. The standard InChI is InChI=1S/C17H24N2O4/c1-18(10-7-14-5-3-2-4-6-14)16(22)19-11-8-17(23,9-12-19)13-15(20)21/h2-6,23H,7-13H2,1H3,(H,20,21). The molecule has 1 aromatic rings. The van der Waals surface area contributed by atoms with Gasteiger partial charge in [-0.1, -0.05) is 30.3 Å². The number of carbonyl (C=O) groups excluding carboxylic acids is 1. The van der Waals surface area contributed by atoms with Crippen LogP contribution in [0.1, 0.15) is 24.8 Å². The first-order valence-electron chi connectivity index (χ1n) is 7.88. The van der Waals surface area contributed by atoms with Crippen molar-refractivity contribution in [1.82, 2.24) is 9.80 Å². The molecule has 0 atom stereocenters. The van der Waals surface area contributed by atoms with Gasteiger partial charge in [-0.15, -0.1) is 0 Å². The van der Waals surface area contributed by atoms with Gasteiger partial charge in [0, 0.05) is 26.7 Å². The molecule has 0 saturated carbocycles. The summed E-state index contributed by atoms with van der Waals surface area (Å²) in [4.78, 5) is 26.5. The van der Waals surface area contributed by atoms with Crippen LogP contribution in [0.15, 0.2) is 30.3 Å². The molecule has 6 heteroatoms. The Labute approximate surface area is 136 Å². The van der Waals surface area contributed by atoms with Gasteiger partial charge in [0.2, 0.25) is 0 Å². The SMILES string of the molecule is CN(CCc1ccccc1)C(=O)N1CCC(O)(CC(=O)O)CC1. The summed E-state index contributed by atoms with van der Waals surface area (Å²) >= 11 is 0. The molecule has 0 bridgehead atoms. The number of likely N-dealkylation sites (tertiary alicyclic amines) is 1. The van der Waals surface area contributed by atoms with Crippen molar-refractivity contribution in [3.05, 3.63) is 35.9 Å². The maximum atomic E-state index is 12.4. The highest BCUT2D eigenvalue weighted by molar-refractivity contribution is 5.74. The zero-order valence-electron chi connectivity index (χ0n) is 13.4. The van der Waals surface area contributed by atoms with Gasteiger partial charge in [-0.25, -0.2) is 4.79 Å². The quantitative estimate of drug-likeness (QED) is 0.863. The average molecular weight is 320 g/mol. The first-order valence-corrected chi connectivity index (χ1v) is 7.88. The molecule has 1 aromatic carbocycles. The molecule has 0 radical (unpaired) electrons. The second-order valence-corrected chi connectivity index (χ2v) is 6.22. The fraction of sp³-hybridized carbons (Fsp3) is 0.529. The number of piperidine rings is 1. The lowest BCUT2D eigenvalue weighted by Crippen LogP contribution is -2.51. The van der Waals surface area contributed by atoms with Crippen LogP contribution in [-0.4, -0.2) is 64.3 Å². The number of hydrogen-bond donors (Lipinski definition) is 2. The predicted molar refractivity (Wildman–Crippen MR) is 86.2 cm³/mol. The minimum Gasteiger partial charge on any atom is -0.481 e. The van der Waals surface area contributed by atoms with Crippen molar-refractivity contribution in [1.29, 1.82) is 0 Å². The van der Waals surface area contributed by atoms with E-state index < -0.39 is 11.6 Å². The first kappa shape index (κ1) is 17.3. The van der Waals surface area contributed by atoms with Gasteiger partial charge in [0.1, 0.15) is 0 Å². The number of benzene rings is 1. The monoisotopic (exact) mass is 320 g/mol. The van der Waals surface area contributed by atoms with E-state index in [1.165, 1.54) is 5.56 Å². The van der Waals surface area contributed by atoms with E-state index in [0.717, 1.165) is 6.42 Å². The highest BCUT2D eigenvalue weighted by atomic mass is 16.4. The van der Waals surface area contributed by atoms with E-state index in [2.05, 4.69) is 0 Å². The Bertz CT molecular complexity index is 539. The third-order valence-electron chi connectivity index (χ3n) is 4.35. The molecule has 6 nitrogen and oxygen atoms in total. The summed E-state index contributed by atoms with van der Waals surface area (Å²) in [6.45, 7) is 1.40. The van der Waals surface area contributed by atoms with Crippen LogP contribution in [-0.2, 0) is 11.2 Å². The molecule has 2 rings (SSSR count). The lowest BCUT2D eigenvalue weighted by molar-refractivity contribution is -0.144. The fourth-order valence-electron chi connectivity index (χ4n) is 2.85. The zero-order valence-corrected chi connectivity index (χ0v) is 13.4. The number of rotatable bonds is 5. The number of amides is 2. The lowest BCUT2D eigenvalue weighted by atomic mass is 9.88. The third-order valence-corrected chi connectivity index (χ3v) is 4.35. The Morgan fingerprint density at radius 3 is 2.39 bits per heavy atom. The number of hydrogen-bond acceptors (Lipinski definition) is 3. The Balaban J connectivity index is 1.81. The topological polar surface area (TPSA) is 81.1 Å². The number of urea groups is 1.